The number of benzene rings is 1. The van der Waals surface area contributed by atoms with Gasteiger partial charge in [0, 0.05) is 36.6 Å². The second-order valence-electron chi connectivity index (χ2n) is 8.24. The molecule has 0 spiro atoms. The Kier molecular flexibility index (Phi) is 7.21. The number of rotatable bonds is 8. The molecule has 0 bridgehead atoms. The van der Waals surface area contributed by atoms with Gasteiger partial charge in [-0.15, -0.1) is 0 Å². The summed E-state index contributed by atoms with van der Waals surface area (Å²) in [7, 11) is 0. The number of anilines is 1. The molecule has 1 atom stereocenters. The quantitative estimate of drug-likeness (QED) is 0.496. The van der Waals surface area contributed by atoms with Crippen molar-refractivity contribution < 1.29 is 18.0 Å². The number of carbonyl (C=O) groups excluding carboxylic acids is 1. The van der Waals surface area contributed by atoms with Crippen LogP contribution in [0.3, 0.4) is 0 Å². The minimum Gasteiger partial charge on any atom is -0.358 e. The number of hydrogen-bond acceptors (Lipinski definition) is 5. The molecule has 2 N–H and O–H groups in total. The standard InChI is InChI=1S/C23H25F3N6O/c24-17-7-6-16(18(25)11-17)13-28-22(33)19(10-15-4-2-1-3-5-15)29-20-12-21(31-23(26)30-20)32-9-8-27-14-32/h6-9,11-12,14-15,19H,1-5,10,13H2,(H,28,33)(H,29,30,31)/t19-/m1/s1. The Morgan fingerprint density at radius 3 is 2.67 bits per heavy atom. The zero-order valence-corrected chi connectivity index (χ0v) is 18.0. The Bertz CT molecular complexity index is 1090. The Balaban J connectivity index is 1.51. The molecule has 7 nitrogen and oxygen atoms in total. The highest BCUT2D eigenvalue weighted by molar-refractivity contribution is 5.84. The molecule has 3 aromatic rings. The highest BCUT2D eigenvalue weighted by Gasteiger charge is 2.25. The van der Waals surface area contributed by atoms with Crippen molar-refractivity contribution in [3.63, 3.8) is 0 Å². The average molecular weight is 458 g/mol. The molecule has 2 aromatic heterocycles. The number of halogens is 3. The summed E-state index contributed by atoms with van der Waals surface area (Å²) in [6.45, 7) is -0.0911. The van der Waals surface area contributed by atoms with E-state index in [1.807, 2.05) is 0 Å². The molecule has 1 aromatic carbocycles. The lowest BCUT2D eigenvalue weighted by molar-refractivity contribution is -0.122. The number of imidazole rings is 1. The van der Waals surface area contributed by atoms with E-state index in [9.17, 15) is 18.0 Å². The maximum atomic E-state index is 14.1. The molecule has 1 saturated carbocycles. The normalized spacial score (nSPS) is 15.2. The van der Waals surface area contributed by atoms with Crippen LogP contribution in [0.4, 0.5) is 19.0 Å². The summed E-state index contributed by atoms with van der Waals surface area (Å²) < 4.78 is 42.8. The van der Waals surface area contributed by atoms with Crippen LogP contribution >= 0.6 is 0 Å². The summed E-state index contributed by atoms with van der Waals surface area (Å²) in [4.78, 5) is 24.5. The van der Waals surface area contributed by atoms with Crippen LogP contribution < -0.4 is 10.6 Å². The van der Waals surface area contributed by atoms with Gasteiger partial charge in [-0.25, -0.2) is 13.8 Å². The third-order valence-electron chi connectivity index (χ3n) is 5.85. The molecule has 10 heteroatoms. The molecule has 0 unspecified atom stereocenters. The number of carbonyl (C=O) groups is 1. The summed E-state index contributed by atoms with van der Waals surface area (Å²) in [6.07, 6.45) is 9.64. The highest BCUT2D eigenvalue weighted by atomic mass is 19.1. The predicted molar refractivity (Wildman–Crippen MR) is 116 cm³/mol. The molecule has 4 rings (SSSR count). The van der Waals surface area contributed by atoms with Gasteiger partial charge >= 0.3 is 6.08 Å². The van der Waals surface area contributed by atoms with Crippen molar-refractivity contribution in [2.24, 2.45) is 5.92 Å². The smallest absolute Gasteiger partial charge is 0.312 e. The van der Waals surface area contributed by atoms with E-state index in [4.69, 9.17) is 0 Å². The zero-order valence-electron chi connectivity index (χ0n) is 18.0. The first-order valence-electron chi connectivity index (χ1n) is 11.0. The SMILES string of the molecule is O=C(NCc1ccc(F)cc1F)[C@@H](CC1CCCCC1)Nc1cc(-n2ccnc2)nc(F)n1. The van der Waals surface area contributed by atoms with Crippen LogP contribution in [-0.4, -0.2) is 31.5 Å². The molecular weight excluding hydrogens is 433 g/mol. The number of hydrogen-bond donors (Lipinski definition) is 2. The second-order valence-corrected chi connectivity index (χ2v) is 8.24. The van der Waals surface area contributed by atoms with Crippen molar-refractivity contribution in [3.8, 4) is 5.82 Å². The van der Waals surface area contributed by atoms with Crippen molar-refractivity contribution in [2.75, 3.05) is 5.32 Å². The van der Waals surface area contributed by atoms with Crippen molar-refractivity contribution in [1.29, 1.82) is 0 Å². The molecule has 174 valence electrons. The molecule has 0 aliphatic heterocycles. The van der Waals surface area contributed by atoms with Gasteiger partial charge in [-0.2, -0.15) is 14.4 Å². The van der Waals surface area contributed by atoms with E-state index in [2.05, 4.69) is 25.6 Å². The van der Waals surface area contributed by atoms with Crippen molar-refractivity contribution in [3.05, 3.63) is 66.3 Å². The van der Waals surface area contributed by atoms with Gasteiger partial charge in [0.05, 0.1) is 0 Å². The minimum absolute atomic E-state index is 0.0911. The first-order valence-corrected chi connectivity index (χ1v) is 11.0. The molecule has 1 amide bonds. The lowest BCUT2D eigenvalue weighted by Gasteiger charge is -2.27. The van der Waals surface area contributed by atoms with E-state index >= 15 is 0 Å². The van der Waals surface area contributed by atoms with Crippen LogP contribution in [0.5, 0.6) is 0 Å². The van der Waals surface area contributed by atoms with Crippen LogP contribution in [0.25, 0.3) is 5.82 Å². The van der Waals surface area contributed by atoms with Crippen molar-refractivity contribution >= 4 is 11.7 Å². The summed E-state index contributed by atoms with van der Waals surface area (Å²) >= 11 is 0. The summed E-state index contributed by atoms with van der Waals surface area (Å²) in [5, 5.41) is 5.75. The fourth-order valence-corrected chi connectivity index (χ4v) is 4.14. The van der Waals surface area contributed by atoms with Crippen LogP contribution in [0.1, 0.15) is 44.1 Å². The number of amides is 1. The summed E-state index contributed by atoms with van der Waals surface area (Å²) in [5.41, 5.74) is 0.177. The maximum Gasteiger partial charge on any atom is 0.312 e. The molecule has 1 aliphatic carbocycles. The minimum atomic E-state index is -0.936. The number of nitrogens with zero attached hydrogens (tertiary/aromatic N) is 4. The fraction of sp³-hybridized carbons (Fsp3) is 0.391. The topological polar surface area (TPSA) is 84.7 Å². The first kappa shape index (κ1) is 22.8. The van der Waals surface area contributed by atoms with Gasteiger partial charge in [0.25, 0.3) is 0 Å². The van der Waals surface area contributed by atoms with Crippen LogP contribution in [0.15, 0.2) is 43.0 Å². The summed E-state index contributed by atoms with van der Waals surface area (Å²) in [6, 6.07) is 4.04. The monoisotopic (exact) mass is 458 g/mol. The van der Waals surface area contributed by atoms with Crippen LogP contribution in [-0.2, 0) is 11.3 Å². The largest absolute Gasteiger partial charge is 0.358 e. The van der Waals surface area contributed by atoms with E-state index in [0.29, 0.717) is 12.3 Å². The Labute approximate surface area is 189 Å². The first-order chi connectivity index (χ1) is 16.0. The molecule has 0 radical (unpaired) electrons. The number of aromatic nitrogens is 4. The molecule has 1 aliphatic rings. The molecular formula is C23H25F3N6O. The van der Waals surface area contributed by atoms with Gasteiger partial charge in [-0.1, -0.05) is 38.2 Å². The van der Waals surface area contributed by atoms with E-state index in [1.54, 1.807) is 12.4 Å². The maximum absolute atomic E-state index is 14.1. The van der Waals surface area contributed by atoms with Gasteiger partial charge < -0.3 is 10.6 Å². The van der Waals surface area contributed by atoms with E-state index in [0.717, 1.165) is 37.8 Å². The predicted octanol–water partition coefficient (Wildman–Crippen LogP) is 4.15. The Morgan fingerprint density at radius 1 is 1.12 bits per heavy atom. The number of nitrogens with one attached hydrogen (secondary N) is 2. The van der Waals surface area contributed by atoms with Crippen molar-refractivity contribution in [2.45, 2.75) is 51.1 Å². The average Bonchev–Trinajstić information content (AvgIpc) is 3.33. The zero-order chi connectivity index (χ0) is 23.2. The van der Waals surface area contributed by atoms with Gasteiger partial charge in [-0.05, 0) is 18.4 Å². The highest BCUT2D eigenvalue weighted by Crippen LogP contribution is 2.28. The molecule has 2 heterocycles. The Hall–Kier alpha value is -3.43. The van der Waals surface area contributed by atoms with Gasteiger partial charge in [-0.3, -0.25) is 9.36 Å². The van der Waals surface area contributed by atoms with E-state index < -0.39 is 23.8 Å². The Morgan fingerprint density at radius 2 is 1.94 bits per heavy atom. The second kappa shape index (κ2) is 10.5. The molecule has 33 heavy (non-hydrogen) atoms. The van der Waals surface area contributed by atoms with Crippen molar-refractivity contribution in [1.82, 2.24) is 24.8 Å². The van der Waals surface area contributed by atoms with E-state index in [-0.39, 0.29) is 29.7 Å². The van der Waals surface area contributed by atoms with Gasteiger partial charge in [0.15, 0.2) is 0 Å². The van der Waals surface area contributed by atoms with E-state index in [1.165, 1.54) is 29.4 Å². The van der Waals surface area contributed by atoms with Gasteiger partial charge in [0.2, 0.25) is 5.91 Å². The molecule has 1 fully saturated rings. The lowest BCUT2D eigenvalue weighted by Crippen LogP contribution is -2.41. The third-order valence-corrected chi connectivity index (χ3v) is 5.85. The van der Waals surface area contributed by atoms with Crippen LogP contribution in [0, 0.1) is 23.6 Å². The lowest BCUT2D eigenvalue weighted by atomic mass is 9.84. The van der Waals surface area contributed by atoms with Crippen LogP contribution in [0.2, 0.25) is 0 Å². The third kappa shape index (κ3) is 6.09. The summed E-state index contributed by atoms with van der Waals surface area (Å²) in [5.74, 6) is -1.01. The molecule has 0 saturated heterocycles. The fourth-order valence-electron chi connectivity index (χ4n) is 4.14. The van der Waals surface area contributed by atoms with Gasteiger partial charge in [0.1, 0.15) is 35.6 Å².